The molecule has 1 unspecified atom stereocenters. The van der Waals surface area contributed by atoms with Gasteiger partial charge in [-0.3, -0.25) is 10.1 Å². The summed E-state index contributed by atoms with van der Waals surface area (Å²) in [6, 6.07) is 4.26. The molecule has 0 aliphatic rings. The molecule has 0 saturated heterocycles. The molecule has 0 bridgehead atoms. The number of nitro groups is 1. The minimum absolute atomic E-state index is 0.00829. The van der Waals surface area contributed by atoms with Gasteiger partial charge in [0.15, 0.2) is 0 Å². The molecular weight excluding hydrogens is 222 g/mol. The van der Waals surface area contributed by atoms with Gasteiger partial charge < -0.3 is 9.84 Å². The molecule has 0 fully saturated rings. The minimum atomic E-state index is -0.797. The lowest BCUT2D eigenvalue weighted by atomic mass is 10.1. The van der Waals surface area contributed by atoms with E-state index in [4.69, 9.17) is 4.74 Å². The summed E-state index contributed by atoms with van der Waals surface area (Å²) in [5.74, 6) is 0.500. The molecule has 0 heterocycles. The quantitative estimate of drug-likeness (QED) is 0.633. The van der Waals surface area contributed by atoms with E-state index in [1.807, 2.05) is 13.8 Å². The maximum atomic E-state index is 10.6. The minimum Gasteiger partial charge on any atom is -0.490 e. The van der Waals surface area contributed by atoms with E-state index in [9.17, 15) is 15.2 Å². The Morgan fingerprint density at radius 1 is 1.47 bits per heavy atom. The van der Waals surface area contributed by atoms with Crippen molar-refractivity contribution in [3.63, 3.8) is 0 Å². The summed E-state index contributed by atoms with van der Waals surface area (Å²) in [5, 5.41) is 20.2. The van der Waals surface area contributed by atoms with Crippen LogP contribution in [-0.2, 0) is 0 Å². The summed E-state index contributed by atoms with van der Waals surface area (Å²) in [7, 11) is 0. The first-order valence-electron chi connectivity index (χ1n) is 5.58. The van der Waals surface area contributed by atoms with Crippen LogP contribution < -0.4 is 4.74 Å². The van der Waals surface area contributed by atoms with E-state index in [1.165, 1.54) is 18.2 Å². The van der Waals surface area contributed by atoms with Gasteiger partial charge in [0, 0.05) is 17.7 Å². The molecule has 1 aromatic rings. The number of non-ortho nitro benzene ring substituents is 1. The van der Waals surface area contributed by atoms with Gasteiger partial charge in [-0.1, -0.05) is 6.92 Å². The van der Waals surface area contributed by atoms with E-state index >= 15 is 0 Å². The van der Waals surface area contributed by atoms with E-state index < -0.39 is 11.0 Å². The molecule has 2 atom stereocenters. The smallest absolute Gasteiger partial charge is 0.270 e. The first-order valence-corrected chi connectivity index (χ1v) is 5.58. The zero-order valence-corrected chi connectivity index (χ0v) is 10.2. The second-order valence-corrected chi connectivity index (χ2v) is 3.99. The fourth-order valence-electron chi connectivity index (χ4n) is 1.38. The SMILES string of the molecule is CCC(C)Oc1ccc([N+](=O)[O-])cc1[C@@H](C)O. The Kier molecular flexibility index (Phi) is 4.45. The summed E-state index contributed by atoms with van der Waals surface area (Å²) >= 11 is 0. The van der Waals surface area contributed by atoms with Gasteiger partial charge in [-0.15, -0.1) is 0 Å². The van der Waals surface area contributed by atoms with Crippen LogP contribution in [0.1, 0.15) is 38.9 Å². The maximum Gasteiger partial charge on any atom is 0.270 e. The largest absolute Gasteiger partial charge is 0.490 e. The highest BCUT2D eigenvalue weighted by molar-refractivity contribution is 5.44. The Morgan fingerprint density at radius 3 is 2.59 bits per heavy atom. The Balaban J connectivity index is 3.08. The summed E-state index contributed by atoms with van der Waals surface area (Å²) in [5.41, 5.74) is 0.400. The number of hydrogen-bond acceptors (Lipinski definition) is 4. The van der Waals surface area contributed by atoms with Crippen molar-refractivity contribution in [1.29, 1.82) is 0 Å². The number of rotatable bonds is 5. The van der Waals surface area contributed by atoms with Gasteiger partial charge in [0.05, 0.1) is 17.1 Å². The van der Waals surface area contributed by atoms with Gasteiger partial charge in [-0.05, 0) is 26.3 Å². The molecule has 1 aromatic carbocycles. The molecule has 0 spiro atoms. The third-order valence-electron chi connectivity index (χ3n) is 2.56. The monoisotopic (exact) mass is 239 g/mol. The van der Waals surface area contributed by atoms with E-state index in [0.29, 0.717) is 11.3 Å². The zero-order valence-electron chi connectivity index (χ0n) is 10.2. The third kappa shape index (κ3) is 3.42. The van der Waals surface area contributed by atoms with Crippen molar-refractivity contribution in [2.24, 2.45) is 0 Å². The molecule has 0 aromatic heterocycles. The maximum absolute atomic E-state index is 10.6. The predicted molar refractivity (Wildman–Crippen MR) is 64.1 cm³/mol. The second-order valence-electron chi connectivity index (χ2n) is 3.99. The lowest BCUT2D eigenvalue weighted by molar-refractivity contribution is -0.385. The summed E-state index contributed by atoms with van der Waals surface area (Å²) < 4.78 is 5.61. The van der Waals surface area contributed by atoms with Crippen LogP contribution in [0.15, 0.2) is 18.2 Å². The molecular formula is C12H17NO4. The van der Waals surface area contributed by atoms with Crippen molar-refractivity contribution in [3.8, 4) is 5.75 Å². The molecule has 0 amide bonds. The molecule has 0 aliphatic carbocycles. The van der Waals surface area contributed by atoms with Crippen molar-refractivity contribution in [3.05, 3.63) is 33.9 Å². The molecule has 94 valence electrons. The van der Waals surface area contributed by atoms with Crippen LogP contribution in [0.5, 0.6) is 5.75 Å². The highest BCUT2D eigenvalue weighted by Gasteiger charge is 2.16. The molecule has 1 rings (SSSR count). The number of nitrogens with zero attached hydrogens (tertiary/aromatic N) is 1. The van der Waals surface area contributed by atoms with Crippen LogP contribution in [0.3, 0.4) is 0 Å². The number of hydrogen-bond donors (Lipinski definition) is 1. The van der Waals surface area contributed by atoms with Crippen LogP contribution >= 0.6 is 0 Å². The van der Waals surface area contributed by atoms with Crippen LogP contribution in [0.4, 0.5) is 5.69 Å². The van der Waals surface area contributed by atoms with Gasteiger partial charge in [-0.2, -0.15) is 0 Å². The fourth-order valence-corrected chi connectivity index (χ4v) is 1.38. The third-order valence-corrected chi connectivity index (χ3v) is 2.56. The van der Waals surface area contributed by atoms with Crippen molar-refractivity contribution >= 4 is 5.69 Å². The standard InChI is InChI=1S/C12H17NO4/c1-4-8(2)17-12-6-5-10(13(15)16)7-11(12)9(3)14/h5-9,14H,4H2,1-3H3/t8?,9-/m1/s1. The molecule has 5 nitrogen and oxygen atoms in total. The molecule has 1 N–H and O–H groups in total. The number of ether oxygens (including phenoxy) is 1. The Bertz CT molecular complexity index is 403. The van der Waals surface area contributed by atoms with Crippen molar-refractivity contribution in [2.75, 3.05) is 0 Å². The zero-order chi connectivity index (χ0) is 13.0. The fraction of sp³-hybridized carbons (Fsp3) is 0.500. The first-order chi connectivity index (χ1) is 7.95. The van der Waals surface area contributed by atoms with Gasteiger partial charge in [0.1, 0.15) is 5.75 Å². The lowest BCUT2D eigenvalue weighted by Crippen LogP contribution is -2.12. The van der Waals surface area contributed by atoms with Gasteiger partial charge in [-0.25, -0.2) is 0 Å². The average Bonchev–Trinajstić information content (AvgIpc) is 2.28. The van der Waals surface area contributed by atoms with Gasteiger partial charge in [0.2, 0.25) is 0 Å². The van der Waals surface area contributed by atoms with Crippen LogP contribution in [-0.4, -0.2) is 16.1 Å². The van der Waals surface area contributed by atoms with Crippen molar-refractivity contribution in [2.45, 2.75) is 39.4 Å². The molecule has 0 radical (unpaired) electrons. The Labute approximate surface area is 100 Å². The highest BCUT2D eigenvalue weighted by Crippen LogP contribution is 2.30. The van der Waals surface area contributed by atoms with Crippen molar-refractivity contribution < 1.29 is 14.8 Å². The van der Waals surface area contributed by atoms with Gasteiger partial charge >= 0.3 is 0 Å². The summed E-state index contributed by atoms with van der Waals surface area (Å²) in [4.78, 5) is 10.2. The number of aliphatic hydroxyl groups excluding tert-OH is 1. The van der Waals surface area contributed by atoms with Crippen LogP contribution in [0.2, 0.25) is 0 Å². The molecule has 0 aliphatic heterocycles. The topological polar surface area (TPSA) is 72.6 Å². The normalized spacial score (nSPS) is 14.1. The van der Waals surface area contributed by atoms with Crippen molar-refractivity contribution in [1.82, 2.24) is 0 Å². The van der Waals surface area contributed by atoms with Crippen LogP contribution in [0, 0.1) is 10.1 Å². The number of aliphatic hydroxyl groups is 1. The number of benzene rings is 1. The Hall–Kier alpha value is -1.62. The van der Waals surface area contributed by atoms with Crippen LogP contribution in [0.25, 0.3) is 0 Å². The predicted octanol–water partition coefficient (Wildman–Crippen LogP) is 2.83. The Morgan fingerprint density at radius 2 is 2.12 bits per heavy atom. The molecule has 5 heteroatoms. The lowest BCUT2D eigenvalue weighted by Gasteiger charge is -2.17. The first kappa shape index (κ1) is 13.4. The van der Waals surface area contributed by atoms with E-state index in [0.717, 1.165) is 6.42 Å². The highest BCUT2D eigenvalue weighted by atomic mass is 16.6. The van der Waals surface area contributed by atoms with E-state index in [2.05, 4.69) is 0 Å². The number of nitro benzene ring substituents is 1. The average molecular weight is 239 g/mol. The molecule has 17 heavy (non-hydrogen) atoms. The summed E-state index contributed by atoms with van der Waals surface area (Å²) in [6.45, 7) is 5.45. The second kappa shape index (κ2) is 5.63. The molecule has 0 saturated carbocycles. The van der Waals surface area contributed by atoms with E-state index in [-0.39, 0.29) is 11.8 Å². The van der Waals surface area contributed by atoms with Gasteiger partial charge in [0.25, 0.3) is 5.69 Å². The summed E-state index contributed by atoms with van der Waals surface area (Å²) in [6.07, 6.45) is 0.0406. The van der Waals surface area contributed by atoms with E-state index in [1.54, 1.807) is 6.92 Å².